The maximum absolute atomic E-state index is 4.23. The summed E-state index contributed by atoms with van der Waals surface area (Å²) in [4.78, 5) is 6.74. The molecule has 1 saturated heterocycles. The van der Waals surface area contributed by atoms with Crippen LogP contribution in [0.5, 0.6) is 0 Å². The molecule has 0 aromatic carbocycles. The van der Waals surface area contributed by atoms with Gasteiger partial charge in [-0.2, -0.15) is 0 Å². The Hall–Kier alpha value is -1.07. The summed E-state index contributed by atoms with van der Waals surface area (Å²) in [5.74, 6) is 0.959. The number of rotatable bonds is 5. The van der Waals surface area contributed by atoms with Crippen molar-refractivity contribution in [2.45, 2.75) is 6.42 Å². The second-order valence-electron chi connectivity index (χ2n) is 4.23. The molecule has 2 heterocycles. The van der Waals surface area contributed by atoms with E-state index in [1.807, 2.05) is 24.0 Å². The summed E-state index contributed by atoms with van der Waals surface area (Å²) < 4.78 is 2.00. The minimum atomic E-state index is 0.959. The predicted molar refractivity (Wildman–Crippen MR) is 65.6 cm³/mol. The lowest BCUT2D eigenvalue weighted by Crippen LogP contribution is -2.44. The Morgan fingerprint density at radius 3 is 2.94 bits per heavy atom. The number of imidazole rings is 1. The summed E-state index contributed by atoms with van der Waals surface area (Å²) in [5.41, 5.74) is 0. The Labute approximate surface area is 96.8 Å². The number of hydrogen-bond acceptors (Lipinski definition) is 4. The van der Waals surface area contributed by atoms with Gasteiger partial charge in [0.15, 0.2) is 0 Å². The van der Waals surface area contributed by atoms with E-state index in [0.717, 1.165) is 25.6 Å². The quantitative estimate of drug-likeness (QED) is 0.696. The maximum atomic E-state index is 4.23. The Morgan fingerprint density at radius 2 is 2.25 bits per heavy atom. The van der Waals surface area contributed by atoms with Crippen LogP contribution in [-0.4, -0.2) is 53.7 Å². The molecule has 0 radical (unpaired) electrons. The highest BCUT2D eigenvalue weighted by Crippen LogP contribution is 2.01. The van der Waals surface area contributed by atoms with Gasteiger partial charge in [-0.1, -0.05) is 0 Å². The first-order chi connectivity index (χ1) is 7.86. The smallest absolute Gasteiger partial charge is 0.202 e. The van der Waals surface area contributed by atoms with Crippen molar-refractivity contribution in [1.29, 1.82) is 0 Å². The second-order valence-corrected chi connectivity index (χ2v) is 4.23. The minimum absolute atomic E-state index is 0.959. The van der Waals surface area contributed by atoms with Gasteiger partial charge >= 0.3 is 0 Å². The molecular weight excluding hydrogens is 202 g/mol. The predicted octanol–water partition coefficient (Wildman–Crippen LogP) is 0.127. The van der Waals surface area contributed by atoms with Crippen LogP contribution < -0.4 is 10.6 Å². The largest absolute Gasteiger partial charge is 0.356 e. The summed E-state index contributed by atoms with van der Waals surface area (Å²) in [6.45, 7) is 6.80. The zero-order chi connectivity index (χ0) is 11.2. The van der Waals surface area contributed by atoms with E-state index in [2.05, 4.69) is 20.5 Å². The van der Waals surface area contributed by atoms with Gasteiger partial charge in [0.05, 0.1) is 0 Å². The zero-order valence-corrected chi connectivity index (χ0v) is 9.95. The van der Waals surface area contributed by atoms with Crippen LogP contribution >= 0.6 is 0 Å². The molecular formula is C11H21N5. The van der Waals surface area contributed by atoms with Crippen LogP contribution in [0.25, 0.3) is 0 Å². The summed E-state index contributed by atoms with van der Waals surface area (Å²) >= 11 is 0. The van der Waals surface area contributed by atoms with E-state index in [0.29, 0.717) is 0 Å². The molecule has 0 aliphatic carbocycles. The second kappa shape index (κ2) is 5.86. The number of piperazine rings is 1. The van der Waals surface area contributed by atoms with Crippen molar-refractivity contribution in [2.24, 2.45) is 7.05 Å². The van der Waals surface area contributed by atoms with Crippen LogP contribution in [0.3, 0.4) is 0 Å². The van der Waals surface area contributed by atoms with Crippen molar-refractivity contribution in [3.05, 3.63) is 12.4 Å². The van der Waals surface area contributed by atoms with E-state index in [4.69, 9.17) is 0 Å². The van der Waals surface area contributed by atoms with E-state index >= 15 is 0 Å². The van der Waals surface area contributed by atoms with Gasteiger partial charge in [0.1, 0.15) is 0 Å². The first-order valence-electron chi connectivity index (χ1n) is 6.00. The molecule has 0 amide bonds. The Balaban J connectivity index is 1.59. The van der Waals surface area contributed by atoms with E-state index in [-0.39, 0.29) is 0 Å². The number of nitrogens with zero attached hydrogens (tertiary/aromatic N) is 3. The molecule has 5 heteroatoms. The number of nitrogens with one attached hydrogen (secondary N) is 2. The number of anilines is 1. The zero-order valence-electron chi connectivity index (χ0n) is 9.95. The van der Waals surface area contributed by atoms with Gasteiger partial charge in [-0.25, -0.2) is 4.98 Å². The van der Waals surface area contributed by atoms with Crippen molar-refractivity contribution >= 4 is 5.95 Å². The van der Waals surface area contributed by atoms with Gasteiger partial charge in [0.25, 0.3) is 0 Å². The third-order valence-corrected chi connectivity index (χ3v) is 2.97. The number of aromatic nitrogens is 2. The van der Waals surface area contributed by atoms with Gasteiger partial charge in [0.2, 0.25) is 5.95 Å². The van der Waals surface area contributed by atoms with E-state index in [1.54, 1.807) is 0 Å². The van der Waals surface area contributed by atoms with Crippen LogP contribution in [-0.2, 0) is 7.05 Å². The molecule has 0 atom stereocenters. The summed E-state index contributed by atoms with van der Waals surface area (Å²) in [5, 5.41) is 6.71. The van der Waals surface area contributed by atoms with Gasteiger partial charge in [0, 0.05) is 52.2 Å². The molecule has 2 rings (SSSR count). The van der Waals surface area contributed by atoms with Crippen LogP contribution in [0, 0.1) is 0 Å². The van der Waals surface area contributed by atoms with Crippen molar-refractivity contribution in [3.8, 4) is 0 Å². The van der Waals surface area contributed by atoms with E-state index in [1.165, 1.54) is 26.1 Å². The fraction of sp³-hybridized carbons (Fsp3) is 0.727. The standard InChI is InChI=1S/C11H21N5/c1-15-8-6-14-11(15)13-3-2-7-16-9-4-12-5-10-16/h6,8,12H,2-5,7,9-10H2,1H3,(H,13,14). The highest BCUT2D eigenvalue weighted by atomic mass is 15.2. The minimum Gasteiger partial charge on any atom is -0.356 e. The highest BCUT2D eigenvalue weighted by Gasteiger charge is 2.08. The summed E-state index contributed by atoms with van der Waals surface area (Å²) in [6.07, 6.45) is 4.95. The first-order valence-corrected chi connectivity index (χ1v) is 6.00. The molecule has 1 aromatic rings. The Kier molecular flexibility index (Phi) is 4.18. The van der Waals surface area contributed by atoms with Gasteiger partial charge < -0.3 is 20.1 Å². The van der Waals surface area contributed by atoms with Crippen LogP contribution in [0.2, 0.25) is 0 Å². The molecule has 1 aliphatic heterocycles. The van der Waals surface area contributed by atoms with Crippen LogP contribution in [0.15, 0.2) is 12.4 Å². The molecule has 90 valence electrons. The third kappa shape index (κ3) is 3.21. The number of hydrogen-bond donors (Lipinski definition) is 2. The molecule has 1 aliphatic rings. The maximum Gasteiger partial charge on any atom is 0.202 e. The summed E-state index contributed by atoms with van der Waals surface area (Å²) in [6, 6.07) is 0. The SMILES string of the molecule is Cn1ccnc1NCCCN1CCNCC1. The Bertz CT molecular complexity index is 303. The molecule has 1 fully saturated rings. The van der Waals surface area contributed by atoms with Crippen molar-refractivity contribution in [2.75, 3.05) is 44.6 Å². The van der Waals surface area contributed by atoms with Crippen LogP contribution in [0.1, 0.15) is 6.42 Å². The third-order valence-electron chi connectivity index (χ3n) is 2.97. The topological polar surface area (TPSA) is 45.1 Å². The average molecular weight is 223 g/mol. The van der Waals surface area contributed by atoms with Gasteiger partial charge in [-0.15, -0.1) is 0 Å². The molecule has 0 spiro atoms. The van der Waals surface area contributed by atoms with Crippen molar-refractivity contribution in [3.63, 3.8) is 0 Å². The number of aryl methyl sites for hydroxylation is 1. The monoisotopic (exact) mass is 223 g/mol. The molecule has 1 aromatic heterocycles. The lowest BCUT2D eigenvalue weighted by Gasteiger charge is -2.27. The van der Waals surface area contributed by atoms with Crippen molar-refractivity contribution < 1.29 is 0 Å². The molecule has 16 heavy (non-hydrogen) atoms. The van der Waals surface area contributed by atoms with Crippen LogP contribution in [0.4, 0.5) is 5.95 Å². The first kappa shape index (κ1) is 11.4. The Morgan fingerprint density at radius 1 is 1.44 bits per heavy atom. The lowest BCUT2D eigenvalue weighted by atomic mass is 10.3. The van der Waals surface area contributed by atoms with Gasteiger partial charge in [-0.3, -0.25) is 0 Å². The molecule has 0 unspecified atom stereocenters. The molecule has 0 bridgehead atoms. The molecule has 2 N–H and O–H groups in total. The van der Waals surface area contributed by atoms with E-state index < -0.39 is 0 Å². The summed E-state index contributed by atoms with van der Waals surface area (Å²) in [7, 11) is 2.01. The average Bonchev–Trinajstić information content (AvgIpc) is 2.72. The van der Waals surface area contributed by atoms with Crippen molar-refractivity contribution in [1.82, 2.24) is 19.8 Å². The highest BCUT2D eigenvalue weighted by molar-refractivity contribution is 5.24. The lowest BCUT2D eigenvalue weighted by molar-refractivity contribution is 0.240. The molecule has 5 nitrogen and oxygen atoms in total. The molecule has 0 saturated carbocycles. The van der Waals surface area contributed by atoms with Gasteiger partial charge in [-0.05, 0) is 13.0 Å². The normalized spacial score (nSPS) is 17.6. The fourth-order valence-corrected chi connectivity index (χ4v) is 1.97. The van der Waals surface area contributed by atoms with E-state index in [9.17, 15) is 0 Å². The fourth-order valence-electron chi connectivity index (χ4n) is 1.97.